The van der Waals surface area contributed by atoms with Crippen LogP contribution in [0.1, 0.15) is 25.8 Å². The van der Waals surface area contributed by atoms with Crippen LogP contribution in [-0.2, 0) is 10.2 Å². The van der Waals surface area contributed by atoms with Crippen molar-refractivity contribution in [1.29, 1.82) is 0 Å². The number of carbonyl (C=O) groups is 1. The lowest BCUT2D eigenvalue weighted by molar-refractivity contribution is -0.117. The zero-order valence-electron chi connectivity index (χ0n) is 9.85. The SMILES string of the molecule is CCS[C@H]1C[C@@H](C)[C@@]1(C=O)c1ccccc1. The second-order valence-electron chi connectivity index (χ2n) is 4.50. The molecule has 0 radical (unpaired) electrons. The summed E-state index contributed by atoms with van der Waals surface area (Å²) in [6.45, 7) is 4.35. The summed E-state index contributed by atoms with van der Waals surface area (Å²) in [5, 5.41) is 0.465. The van der Waals surface area contributed by atoms with Crippen LogP contribution in [0.15, 0.2) is 30.3 Å². The maximum Gasteiger partial charge on any atom is 0.131 e. The van der Waals surface area contributed by atoms with E-state index >= 15 is 0 Å². The van der Waals surface area contributed by atoms with Gasteiger partial charge in [-0.05, 0) is 23.7 Å². The van der Waals surface area contributed by atoms with Crippen LogP contribution < -0.4 is 0 Å². The van der Waals surface area contributed by atoms with Gasteiger partial charge in [0.2, 0.25) is 0 Å². The first-order chi connectivity index (χ1) is 7.75. The minimum atomic E-state index is -0.234. The summed E-state index contributed by atoms with van der Waals surface area (Å²) in [6.07, 6.45) is 2.34. The fourth-order valence-corrected chi connectivity index (χ4v) is 4.26. The molecule has 0 amide bonds. The van der Waals surface area contributed by atoms with E-state index in [0.717, 1.165) is 12.2 Å². The van der Waals surface area contributed by atoms with E-state index in [4.69, 9.17) is 0 Å². The van der Waals surface area contributed by atoms with Crippen molar-refractivity contribution in [3.05, 3.63) is 35.9 Å². The molecule has 1 nitrogen and oxygen atoms in total. The molecule has 1 aromatic rings. The van der Waals surface area contributed by atoms with Gasteiger partial charge in [-0.25, -0.2) is 0 Å². The minimum Gasteiger partial charge on any atom is -0.302 e. The first-order valence-corrected chi connectivity index (χ1v) is 6.94. The van der Waals surface area contributed by atoms with Gasteiger partial charge in [-0.1, -0.05) is 44.2 Å². The van der Waals surface area contributed by atoms with Gasteiger partial charge in [0.15, 0.2) is 0 Å². The van der Waals surface area contributed by atoms with Gasteiger partial charge < -0.3 is 4.79 Å². The van der Waals surface area contributed by atoms with Crippen LogP contribution in [0.25, 0.3) is 0 Å². The fourth-order valence-electron chi connectivity index (χ4n) is 2.73. The molecule has 1 aromatic carbocycles. The Morgan fingerprint density at radius 1 is 1.44 bits per heavy atom. The van der Waals surface area contributed by atoms with Crippen molar-refractivity contribution in [2.24, 2.45) is 5.92 Å². The van der Waals surface area contributed by atoms with Crippen molar-refractivity contribution in [3.8, 4) is 0 Å². The lowest BCUT2D eigenvalue weighted by Gasteiger charge is -2.51. The van der Waals surface area contributed by atoms with Crippen LogP contribution >= 0.6 is 11.8 Å². The van der Waals surface area contributed by atoms with Crippen LogP contribution in [0.2, 0.25) is 0 Å². The third-order valence-corrected chi connectivity index (χ3v) is 5.07. The first-order valence-electron chi connectivity index (χ1n) is 5.89. The largest absolute Gasteiger partial charge is 0.302 e. The smallest absolute Gasteiger partial charge is 0.131 e. The Morgan fingerprint density at radius 3 is 2.62 bits per heavy atom. The highest BCUT2D eigenvalue weighted by Crippen LogP contribution is 2.52. The highest BCUT2D eigenvalue weighted by Gasteiger charge is 2.53. The molecule has 0 N–H and O–H groups in total. The molecule has 0 unspecified atom stereocenters. The lowest BCUT2D eigenvalue weighted by Crippen LogP contribution is -2.55. The Bertz CT molecular complexity index is 360. The molecule has 1 saturated carbocycles. The number of aldehydes is 1. The maximum absolute atomic E-state index is 11.6. The molecule has 1 fully saturated rings. The zero-order chi connectivity index (χ0) is 11.6. The molecule has 1 aliphatic rings. The van der Waals surface area contributed by atoms with Crippen molar-refractivity contribution >= 4 is 18.0 Å². The molecule has 0 spiro atoms. The summed E-state index contributed by atoms with van der Waals surface area (Å²) in [7, 11) is 0. The van der Waals surface area contributed by atoms with Crippen molar-refractivity contribution in [2.45, 2.75) is 30.9 Å². The zero-order valence-corrected chi connectivity index (χ0v) is 10.7. The van der Waals surface area contributed by atoms with Crippen molar-refractivity contribution in [2.75, 3.05) is 5.75 Å². The Hall–Kier alpha value is -0.760. The van der Waals surface area contributed by atoms with Gasteiger partial charge in [-0.2, -0.15) is 11.8 Å². The van der Waals surface area contributed by atoms with Crippen molar-refractivity contribution in [1.82, 2.24) is 0 Å². The van der Waals surface area contributed by atoms with Crippen LogP contribution in [0.3, 0.4) is 0 Å². The highest BCUT2D eigenvalue weighted by atomic mass is 32.2. The van der Waals surface area contributed by atoms with Crippen LogP contribution in [0.4, 0.5) is 0 Å². The second kappa shape index (κ2) is 4.62. The summed E-state index contributed by atoms with van der Waals surface area (Å²) in [5.41, 5.74) is 0.955. The molecule has 2 heteroatoms. The molecule has 0 aromatic heterocycles. The van der Waals surface area contributed by atoms with Crippen LogP contribution in [-0.4, -0.2) is 17.3 Å². The molecular formula is C14H18OS. The summed E-state index contributed by atoms with van der Waals surface area (Å²) < 4.78 is 0. The third kappa shape index (κ3) is 1.60. The molecule has 0 heterocycles. The van der Waals surface area contributed by atoms with E-state index < -0.39 is 0 Å². The molecule has 1 aliphatic carbocycles. The quantitative estimate of drug-likeness (QED) is 0.744. The Morgan fingerprint density at radius 2 is 2.12 bits per heavy atom. The minimum absolute atomic E-state index is 0.234. The van der Waals surface area contributed by atoms with Gasteiger partial charge in [0.1, 0.15) is 6.29 Å². The number of benzene rings is 1. The van der Waals surface area contributed by atoms with Crippen LogP contribution in [0.5, 0.6) is 0 Å². The number of hydrogen-bond acceptors (Lipinski definition) is 2. The average molecular weight is 234 g/mol. The Labute approximate surface area is 102 Å². The molecule has 0 aliphatic heterocycles. The third-order valence-electron chi connectivity index (χ3n) is 3.75. The predicted molar refractivity (Wildman–Crippen MR) is 69.9 cm³/mol. The van der Waals surface area contributed by atoms with Gasteiger partial charge >= 0.3 is 0 Å². The van der Waals surface area contributed by atoms with Crippen molar-refractivity contribution in [3.63, 3.8) is 0 Å². The van der Waals surface area contributed by atoms with Crippen LogP contribution in [0, 0.1) is 5.92 Å². The normalized spacial score (nSPS) is 33.1. The average Bonchev–Trinajstić information content (AvgIpc) is 2.31. The summed E-state index contributed by atoms with van der Waals surface area (Å²) in [5.74, 6) is 1.55. The monoisotopic (exact) mass is 234 g/mol. The summed E-state index contributed by atoms with van der Waals surface area (Å²) in [4.78, 5) is 11.6. The van der Waals surface area contributed by atoms with Gasteiger partial charge in [0, 0.05) is 5.25 Å². The first kappa shape index (κ1) is 11.7. The van der Waals surface area contributed by atoms with Gasteiger partial charge in [0.25, 0.3) is 0 Å². The molecule has 0 bridgehead atoms. The second-order valence-corrected chi connectivity index (χ2v) is 5.98. The lowest BCUT2D eigenvalue weighted by atomic mass is 9.58. The van der Waals surface area contributed by atoms with Gasteiger partial charge in [-0.3, -0.25) is 0 Å². The predicted octanol–water partition coefficient (Wildman–Crippen LogP) is 3.28. The van der Waals surface area contributed by atoms with E-state index in [1.807, 2.05) is 30.0 Å². The van der Waals surface area contributed by atoms with Gasteiger partial charge in [-0.15, -0.1) is 0 Å². The van der Waals surface area contributed by atoms with E-state index in [0.29, 0.717) is 11.2 Å². The number of hydrogen-bond donors (Lipinski definition) is 0. The molecule has 16 heavy (non-hydrogen) atoms. The molecule has 3 atom stereocenters. The van der Waals surface area contributed by atoms with E-state index in [-0.39, 0.29) is 5.41 Å². The van der Waals surface area contributed by atoms with E-state index in [2.05, 4.69) is 26.0 Å². The van der Waals surface area contributed by atoms with E-state index in [9.17, 15) is 4.79 Å². The molecular weight excluding hydrogens is 216 g/mol. The highest BCUT2D eigenvalue weighted by molar-refractivity contribution is 8.00. The molecule has 0 saturated heterocycles. The standard InChI is InChI=1S/C14H18OS/c1-3-16-13-9-11(2)14(13,10-15)12-7-5-4-6-8-12/h4-8,10-11,13H,3,9H2,1-2H3/t11-,13+,14+/m1/s1. The molecule has 2 rings (SSSR count). The van der Waals surface area contributed by atoms with E-state index in [1.165, 1.54) is 11.8 Å². The Kier molecular flexibility index (Phi) is 3.38. The Balaban J connectivity index is 2.34. The summed E-state index contributed by atoms with van der Waals surface area (Å²) in [6, 6.07) is 10.2. The summed E-state index contributed by atoms with van der Waals surface area (Å²) >= 11 is 1.92. The van der Waals surface area contributed by atoms with E-state index in [1.54, 1.807) is 0 Å². The van der Waals surface area contributed by atoms with Gasteiger partial charge in [0.05, 0.1) is 5.41 Å². The number of thioether (sulfide) groups is 1. The number of carbonyl (C=O) groups excluding carboxylic acids is 1. The maximum atomic E-state index is 11.6. The number of rotatable bonds is 4. The molecule has 86 valence electrons. The fraction of sp³-hybridized carbons (Fsp3) is 0.500. The topological polar surface area (TPSA) is 17.1 Å². The van der Waals surface area contributed by atoms with Crippen molar-refractivity contribution < 1.29 is 4.79 Å².